The lowest BCUT2D eigenvalue weighted by Crippen LogP contribution is -2.38. The van der Waals surface area contributed by atoms with Gasteiger partial charge in [-0.1, -0.05) is 30.3 Å². The van der Waals surface area contributed by atoms with Crippen LogP contribution in [0.2, 0.25) is 0 Å². The van der Waals surface area contributed by atoms with E-state index in [0.717, 1.165) is 17.9 Å². The van der Waals surface area contributed by atoms with Gasteiger partial charge in [0.1, 0.15) is 5.75 Å². The van der Waals surface area contributed by atoms with Crippen LogP contribution in [-0.4, -0.2) is 26.7 Å². The van der Waals surface area contributed by atoms with Crippen LogP contribution in [0.5, 0.6) is 5.75 Å². The van der Waals surface area contributed by atoms with Crippen LogP contribution in [0.25, 0.3) is 0 Å². The maximum Gasteiger partial charge on any atom is 0.321 e. The summed E-state index contributed by atoms with van der Waals surface area (Å²) in [6.45, 7) is 0.600. The van der Waals surface area contributed by atoms with Crippen LogP contribution >= 0.6 is 0 Å². The molecule has 2 aromatic rings. The Hall–Kier alpha value is -2.49. The predicted molar refractivity (Wildman–Crippen MR) is 84.9 cm³/mol. The summed E-state index contributed by atoms with van der Waals surface area (Å²) in [6, 6.07) is 17.3. The van der Waals surface area contributed by atoms with Crippen molar-refractivity contribution in [3.63, 3.8) is 0 Å². The Labute approximate surface area is 125 Å². The van der Waals surface area contributed by atoms with E-state index in [1.807, 2.05) is 54.6 Å². The summed E-state index contributed by atoms with van der Waals surface area (Å²) in [5, 5.41) is 2.91. The number of carbonyl (C=O) groups excluding carboxylic acids is 1. The Kier molecular flexibility index (Phi) is 5.21. The van der Waals surface area contributed by atoms with Crippen LogP contribution in [0.3, 0.4) is 0 Å². The molecule has 2 aromatic carbocycles. The number of hydrogen-bond donors (Lipinski definition) is 1. The van der Waals surface area contributed by atoms with Gasteiger partial charge < -0.3 is 10.1 Å². The van der Waals surface area contributed by atoms with Crippen molar-refractivity contribution in [2.24, 2.45) is 0 Å². The number of para-hydroxylation sites is 1. The minimum Gasteiger partial charge on any atom is -0.497 e. The molecule has 0 heterocycles. The molecule has 4 heteroatoms. The van der Waals surface area contributed by atoms with E-state index in [-0.39, 0.29) is 6.03 Å². The molecule has 0 radical (unpaired) electrons. The molecule has 2 rings (SSSR count). The van der Waals surface area contributed by atoms with Gasteiger partial charge in [-0.15, -0.1) is 0 Å². The van der Waals surface area contributed by atoms with E-state index in [4.69, 9.17) is 4.74 Å². The third kappa shape index (κ3) is 4.24. The van der Waals surface area contributed by atoms with E-state index < -0.39 is 0 Å². The molecule has 0 aliphatic rings. The minimum atomic E-state index is -0.102. The van der Waals surface area contributed by atoms with Gasteiger partial charge in [-0.05, 0) is 36.2 Å². The van der Waals surface area contributed by atoms with Gasteiger partial charge in [0.15, 0.2) is 0 Å². The number of amides is 2. The molecular weight excluding hydrogens is 264 g/mol. The molecule has 110 valence electrons. The van der Waals surface area contributed by atoms with Crippen LogP contribution in [-0.2, 0) is 6.42 Å². The molecule has 0 aromatic heterocycles. The fraction of sp³-hybridized carbons (Fsp3) is 0.235. The smallest absolute Gasteiger partial charge is 0.321 e. The van der Waals surface area contributed by atoms with Crippen molar-refractivity contribution in [2.75, 3.05) is 25.6 Å². The molecule has 1 N–H and O–H groups in total. The van der Waals surface area contributed by atoms with E-state index in [1.54, 1.807) is 19.1 Å². The quantitative estimate of drug-likeness (QED) is 0.916. The van der Waals surface area contributed by atoms with Crippen LogP contribution in [0.4, 0.5) is 10.5 Å². The highest BCUT2D eigenvalue weighted by molar-refractivity contribution is 5.91. The standard InChI is InChI=1S/C17H20N2O2/c1-19(15-6-4-3-5-7-15)17(20)18-13-12-14-8-10-16(21-2)11-9-14/h3-11H,12-13H2,1-2H3,(H,18,20). The second-order valence-electron chi connectivity index (χ2n) is 4.72. The second kappa shape index (κ2) is 7.33. The number of rotatable bonds is 5. The molecule has 0 fully saturated rings. The maximum absolute atomic E-state index is 12.0. The van der Waals surface area contributed by atoms with E-state index in [2.05, 4.69) is 5.32 Å². The first kappa shape index (κ1) is 14.9. The molecular formula is C17H20N2O2. The molecule has 0 bridgehead atoms. The fourth-order valence-corrected chi connectivity index (χ4v) is 1.99. The highest BCUT2D eigenvalue weighted by Gasteiger charge is 2.09. The lowest BCUT2D eigenvalue weighted by atomic mass is 10.1. The lowest BCUT2D eigenvalue weighted by Gasteiger charge is -2.18. The average Bonchev–Trinajstić information content (AvgIpc) is 2.55. The number of urea groups is 1. The highest BCUT2D eigenvalue weighted by Crippen LogP contribution is 2.12. The van der Waals surface area contributed by atoms with Gasteiger partial charge >= 0.3 is 6.03 Å². The zero-order valence-electron chi connectivity index (χ0n) is 12.4. The van der Waals surface area contributed by atoms with Gasteiger partial charge in [-0.3, -0.25) is 4.90 Å². The summed E-state index contributed by atoms with van der Waals surface area (Å²) in [5.41, 5.74) is 2.04. The van der Waals surface area contributed by atoms with E-state index in [9.17, 15) is 4.79 Å². The Morgan fingerprint density at radius 3 is 2.38 bits per heavy atom. The number of hydrogen-bond acceptors (Lipinski definition) is 2. The average molecular weight is 284 g/mol. The summed E-state index contributed by atoms with van der Waals surface area (Å²) in [6.07, 6.45) is 0.790. The number of carbonyl (C=O) groups is 1. The predicted octanol–water partition coefficient (Wildman–Crippen LogP) is 3.08. The third-order valence-electron chi connectivity index (χ3n) is 3.30. The SMILES string of the molecule is COc1ccc(CCNC(=O)N(C)c2ccccc2)cc1. The lowest BCUT2D eigenvalue weighted by molar-refractivity contribution is 0.247. The molecule has 0 saturated carbocycles. The first-order valence-corrected chi connectivity index (χ1v) is 6.90. The fourth-order valence-electron chi connectivity index (χ4n) is 1.99. The maximum atomic E-state index is 12.0. The van der Waals surface area contributed by atoms with Gasteiger partial charge in [-0.2, -0.15) is 0 Å². The molecule has 2 amide bonds. The summed E-state index contributed by atoms with van der Waals surface area (Å²) in [4.78, 5) is 13.6. The van der Waals surface area contributed by atoms with Gasteiger partial charge in [0, 0.05) is 19.3 Å². The zero-order valence-corrected chi connectivity index (χ0v) is 12.4. The number of benzene rings is 2. The van der Waals surface area contributed by atoms with E-state index >= 15 is 0 Å². The molecule has 0 saturated heterocycles. The Balaban J connectivity index is 1.81. The van der Waals surface area contributed by atoms with Crippen molar-refractivity contribution in [1.82, 2.24) is 5.32 Å². The number of anilines is 1. The van der Waals surface area contributed by atoms with Crippen molar-refractivity contribution < 1.29 is 9.53 Å². The van der Waals surface area contributed by atoms with Crippen LogP contribution < -0.4 is 15.0 Å². The molecule has 0 spiro atoms. The van der Waals surface area contributed by atoms with Gasteiger partial charge in [0.2, 0.25) is 0 Å². The molecule has 21 heavy (non-hydrogen) atoms. The topological polar surface area (TPSA) is 41.6 Å². The summed E-state index contributed by atoms with van der Waals surface area (Å²) >= 11 is 0. The number of nitrogens with one attached hydrogen (secondary N) is 1. The number of nitrogens with zero attached hydrogens (tertiary/aromatic N) is 1. The van der Waals surface area contributed by atoms with Crippen molar-refractivity contribution in [2.45, 2.75) is 6.42 Å². The van der Waals surface area contributed by atoms with Crippen molar-refractivity contribution >= 4 is 11.7 Å². The second-order valence-corrected chi connectivity index (χ2v) is 4.72. The first-order valence-electron chi connectivity index (χ1n) is 6.90. The Morgan fingerprint density at radius 2 is 1.76 bits per heavy atom. The van der Waals surface area contributed by atoms with E-state index in [1.165, 1.54) is 5.56 Å². The molecule has 0 aliphatic heterocycles. The van der Waals surface area contributed by atoms with Crippen molar-refractivity contribution in [3.05, 3.63) is 60.2 Å². The third-order valence-corrected chi connectivity index (χ3v) is 3.30. The highest BCUT2D eigenvalue weighted by atomic mass is 16.5. The van der Waals surface area contributed by atoms with Gasteiger partial charge in [0.25, 0.3) is 0 Å². The van der Waals surface area contributed by atoms with Crippen LogP contribution in [0.15, 0.2) is 54.6 Å². The number of ether oxygens (including phenoxy) is 1. The summed E-state index contributed by atoms with van der Waals surface area (Å²) in [5.74, 6) is 0.839. The number of methoxy groups -OCH3 is 1. The molecule has 0 unspecified atom stereocenters. The van der Waals surface area contributed by atoms with Gasteiger partial charge in [-0.25, -0.2) is 4.79 Å². The Morgan fingerprint density at radius 1 is 1.10 bits per heavy atom. The largest absolute Gasteiger partial charge is 0.497 e. The molecule has 0 aliphatic carbocycles. The van der Waals surface area contributed by atoms with Crippen molar-refractivity contribution in [1.29, 1.82) is 0 Å². The van der Waals surface area contributed by atoms with E-state index in [0.29, 0.717) is 6.54 Å². The summed E-state index contributed by atoms with van der Waals surface area (Å²) < 4.78 is 5.12. The molecule has 4 nitrogen and oxygen atoms in total. The first-order chi connectivity index (χ1) is 10.2. The van der Waals surface area contributed by atoms with Crippen molar-refractivity contribution in [3.8, 4) is 5.75 Å². The molecule has 0 atom stereocenters. The zero-order chi connectivity index (χ0) is 15.1. The monoisotopic (exact) mass is 284 g/mol. The van der Waals surface area contributed by atoms with Crippen LogP contribution in [0.1, 0.15) is 5.56 Å². The Bertz CT molecular complexity index is 567. The van der Waals surface area contributed by atoms with Gasteiger partial charge in [0.05, 0.1) is 7.11 Å². The minimum absolute atomic E-state index is 0.102. The van der Waals surface area contributed by atoms with Crippen LogP contribution in [0, 0.1) is 0 Å². The normalized spacial score (nSPS) is 10.0. The summed E-state index contributed by atoms with van der Waals surface area (Å²) in [7, 11) is 3.41.